The molecule has 1 heterocycles. The van der Waals surface area contributed by atoms with Gasteiger partial charge >= 0.3 is 0 Å². The van der Waals surface area contributed by atoms with Gasteiger partial charge in [-0.25, -0.2) is 0 Å². The van der Waals surface area contributed by atoms with Crippen LogP contribution in [0, 0.1) is 0 Å². The quantitative estimate of drug-likeness (QED) is 0.905. The largest absolute Gasteiger partial charge is 0.491 e. The Balaban J connectivity index is 1.83. The lowest BCUT2D eigenvalue weighted by Gasteiger charge is -2.42. The summed E-state index contributed by atoms with van der Waals surface area (Å²) in [6.07, 6.45) is -0.126. The van der Waals surface area contributed by atoms with Gasteiger partial charge in [0.25, 0.3) is 0 Å². The molecular weight excluding hydrogens is 278 g/mol. The fourth-order valence-electron chi connectivity index (χ4n) is 2.53. The molecule has 0 spiro atoms. The lowest BCUT2D eigenvalue weighted by Crippen LogP contribution is -2.54. The summed E-state index contributed by atoms with van der Waals surface area (Å²) in [7, 11) is 0. The summed E-state index contributed by atoms with van der Waals surface area (Å²) in [6, 6.07) is 7.46. The molecule has 0 saturated carbocycles. The summed E-state index contributed by atoms with van der Waals surface area (Å²) in [5.74, 6) is 0.709. The molecule has 1 aromatic rings. The van der Waals surface area contributed by atoms with Crippen molar-refractivity contribution in [3.63, 3.8) is 0 Å². The molecule has 0 aliphatic carbocycles. The van der Waals surface area contributed by atoms with Crippen LogP contribution in [0.5, 0.6) is 5.75 Å². The molecule has 5 heteroatoms. The average Bonchev–Trinajstić information content (AvgIpc) is 2.39. The van der Waals surface area contributed by atoms with E-state index in [-0.39, 0.29) is 18.3 Å². The zero-order valence-corrected chi connectivity index (χ0v) is 12.8. The first-order valence-electron chi connectivity index (χ1n) is 6.88. The monoisotopic (exact) mass is 299 g/mol. The first-order valence-corrected chi connectivity index (χ1v) is 7.26. The van der Waals surface area contributed by atoms with E-state index in [1.807, 2.05) is 38.1 Å². The van der Waals surface area contributed by atoms with Crippen molar-refractivity contribution in [2.24, 2.45) is 0 Å². The summed E-state index contributed by atoms with van der Waals surface area (Å²) >= 11 is 6.05. The van der Waals surface area contributed by atoms with Crippen LogP contribution in [0.25, 0.3) is 0 Å². The van der Waals surface area contributed by atoms with E-state index in [1.165, 1.54) is 0 Å². The topological polar surface area (TPSA) is 41.9 Å². The van der Waals surface area contributed by atoms with E-state index >= 15 is 0 Å². The smallest absolute Gasteiger partial charge is 0.137 e. The molecule has 1 fully saturated rings. The number of hydrogen-bond acceptors (Lipinski definition) is 4. The number of benzene rings is 1. The predicted molar refractivity (Wildman–Crippen MR) is 79.4 cm³/mol. The van der Waals surface area contributed by atoms with Gasteiger partial charge in [-0.05, 0) is 26.0 Å². The molecule has 1 aliphatic rings. The van der Waals surface area contributed by atoms with E-state index < -0.39 is 0 Å². The van der Waals surface area contributed by atoms with E-state index in [0.29, 0.717) is 17.4 Å². The van der Waals surface area contributed by atoms with Gasteiger partial charge in [-0.2, -0.15) is 0 Å². The van der Waals surface area contributed by atoms with Crippen molar-refractivity contribution in [3.8, 4) is 5.75 Å². The molecule has 4 nitrogen and oxygen atoms in total. The summed E-state index contributed by atoms with van der Waals surface area (Å²) in [4.78, 5) is 2.25. The van der Waals surface area contributed by atoms with Crippen LogP contribution in [0.1, 0.15) is 13.8 Å². The van der Waals surface area contributed by atoms with Crippen molar-refractivity contribution < 1.29 is 14.6 Å². The molecule has 0 amide bonds. The number of hydrogen-bond donors (Lipinski definition) is 1. The Morgan fingerprint density at radius 3 is 2.90 bits per heavy atom. The van der Waals surface area contributed by atoms with Crippen LogP contribution in [-0.2, 0) is 4.74 Å². The number of morpholine rings is 1. The third-order valence-corrected chi connectivity index (χ3v) is 3.57. The maximum absolute atomic E-state index is 9.28. The lowest BCUT2D eigenvalue weighted by atomic mass is 10.1. The summed E-state index contributed by atoms with van der Waals surface area (Å²) in [6.45, 7) is 7.03. The fraction of sp³-hybridized carbons (Fsp3) is 0.600. The van der Waals surface area contributed by atoms with Gasteiger partial charge in [0, 0.05) is 19.6 Å². The summed E-state index contributed by atoms with van der Waals surface area (Å²) in [5, 5.41) is 9.91. The number of aliphatic hydroxyl groups excluding tert-OH is 1. The molecule has 1 atom stereocenters. The normalized spacial score (nSPS) is 22.7. The highest BCUT2D eigenvalue weighted by atomic mass is 35.5. The number of rotatable bonds is 5. The number of halogens is 1. The van der Waals surface area contributed by atoms with Crippen LogP contribution in [0.15, 0.2) is 24.3 Å². The predicted octanol–water partition coefficient (Wildman–Crippen LogP) is 2.19. The minimum Gasteiger partial charge on any atom is -0.491 e. The van der Waals surface area contributed by atoms with E-state index in [1.54, 1.807) is 0 Å². The minimum atomic E-state index is -0.240. The Morgan fingerprint density at radius 1 is 1.45 bits per heavy atom. The first-order chi connectivity index (χ1) is 9.50. The Morgan fingerprint density at radius 2 is 2.20 bits per heavy atom. The number of nitrogens with zero attached hydrogens (tertiary/aromatic N) is 1. The SMILES string of the molecule is CC1(C)CN(CCOc2ccccc2Cl)CC(CO)O1. The molecule has 1 unspecified atom stereocenters. The van der Waals surface area contributed by atoms with E-state index in [4.69, 9.17) is 21.1 Å². The highest BCUT2D eigenvalue weighted by Gasteiger charge is 2.32. The third-order valence-electron chi connectivity index (χ3n) is 3.26. The standard InChI is InChI=1S/C15H22ClNO3/c1-15(2)11-17(9-12(10-18)20-15)7-8-19-14-6-4-3-5-13(14)16/h3-6,12,18H,7-11H2,1-2H3. The maximum atomic E-state index is 9.28. The molecule has 1 aromatic carbocycles. The number of para-hydroxylation sites is 1. The molecule has 1 aliphatic heterocycles. The molecule has 112 valence electrons. The summed E-state index contributed by atoms with van der Waals surface area (Å²) < 4.78 is 11.5. The number of ether oxygens (including phenoxy) is 2. The Kier molecular flexibility index (Phi) is 5.27. The Labute approximate surface area is 125 Å². The Bertz CT molecular complexity index is 439. The highest BCUT2D eigenvalue weighted by Crippen LogP contribution is 2.24. The van der Waals surface area contributed by atoms with E-state index in [2.05, 4.69) is 4.90 Å². The number of aliphatic hydroxyl groups is 1. The van der Waals surface area contributed by atoms with Crippen molar-refractivity contribution in [2.45, 2.75) is 25.6 Å². The van der Waals surface area contributed by atoms with Crippen LogP contribution in [0.2, 0.25) is 5.02 Å². The van der Waals surface area contributed by atoms with Gasteiger partial charge in [0.05, 0.1) is 23.3 Å². The molecule has 2 rings (SSSR count). The van der Waals surface area contributed by atoms with Crippen LogP contribution in [-0.4, -0.2) is 54.6 Å². The van der Waals surface area contributed by atoms with Gasteiger partial charge < -0.3 is 14.6 Å². The van der Waals surface area contributed by atoms with E-state index in [9.17, 15) is 5.11 Å². The first kappa shape index (κ1) is 15.6. The second kappa shape index (κ2) is 6.76. The zero-order chi connectivity index (χ0) is 14.6. The second-order valence-corrected chi connectivity index (χ2v) is 6.10. The molecular formula is C15H22ClNO3. The van der Waals surface area contributed by atoms with Gasteiger partial charge in [-0.1, -0.05) is 23.7 Å². The fourth-order valence-corrected chi connectivity index (χ4v) is 2.72. The van der Waals surface area contributed by atoms with Crippen LogP contribution in [0.4, 0.5) is 0 Å². The van der Waals surface area contributed by atoms with Gasteiger partial charge in [-0.3, -0.25) is 4.90 Å². The molecule has 0 radical (unpaired) electrons. The molecule has 1 N–H and O–H groups in total. The second-order valence-electron chi connectivity index (χ2n) is 5.70. The van der Waals surface area contributed by atoms with Gasteiger partial charge in [0.2, 0.25) is 0 Å². The van der Waals surface area contributed by atoms with Crippen LogP contribution < -0.4 is 4.74 Å². The highest BCUT2D eigenvalue weighted by molar-refractivity contribution is 6.32. The van der Waals surface area contributed by atoms with Crippen LogP contribution >= 0.6 is 11.6 Å². The van der Waals surface area contributed by atoms with Crippen molar-refractivity contribution in [1.29, 1.82) is 0 Å². The molecule has 0 aromatic heterocycles. The van der Waals surface area contributed by atoms with Gasteiger partial charge in [0.1, 0.15) is 12.4 Å². The van der Waals surface area contributed by atoms with Crippen molar-refractivity contribution >= 4 is 11.6 Å². The van der Waals surface area contributed by atoms with Gasteiger partial charge in [-0.15, -0.1) is 0 Å². The zero-order valence-electron chi connectivity index (χ0n) is 12.0. The van der Waals surface area contributed by atoms with Crippen molar-refractivity contribution in [1.82, 2.24) is 4.90 Å². The van der Waals surface area contributed by atoms with E-state index in [0.717, 1.165) is 19.6 Å². The molecule has 1 saturated heterocycles. The average molecular weight is 300 g/mol. The van der Waals surface area contributed by atoms with Crippen molar-refractivity contribution in [3.05, 3.63) is 29.3 Å². The molecule has 0 bridgehead atoms. The minimum absolute atomic E-state index is 0.0469. The van der Waals surface area contributed by atoms with Crippen LogP contribution in [0.3, 0.4) is 0 Å². The van der Waals surface area contributed by atoms with Gasteiger partial charge in [0.15, 0.2) is 0 Å². The molecule has 20 heavy (non-hydrogen) atoms. The lowest BCUT2D eigenvalue weighted by molar-refractivity contribution is -0.149. The third kappa shape index (κ3) is 4.35. The maximum Gasteiger partial charge on any atom is 0.137 e. The summed E-state index contributed by atoms with van der Waals surface area (Å²) in [5.41, 5.74) is -0.240. The van der Waals surface area contributed by atoms with Crippen molar-refractivity contribution in [2.75, 3.05) is 32.8 Å². The Hall–Kier alpha value is -0.810.